The summed E-state index contributed by atoms with van der Waals surface area (Å²) in [5.74, 6) is 2.48. The van der Waals surface area contributed by atoms with Gasteiger partial charge in [0.15, 0.2) is 0 Å². The van der Waals surface area contributed by atoms with Crippen LogP contribution in [-0.2, 0) is 18.6 Å². The zero-order chi connectivity index (χ0) is 18.4. The van der Waals surface area contributed by atoms with Crippen molar-refractivity contribution < 1.29 is 9.15 Å². The molecule has 1 aromatic heterocycles. The molecule has 0 unspecified atom stereocenters. The van der Waals surface area contributed by atoms with Crippen molar-refractivity contribution in [3.63, 3.8) is 0 Å². The van der Waals surface area contributed by atoms with E-state index in [1.165, 1.54) is 16.7 Å². The maximum absolute atomic E-state index is 5.75. The number of rotatable bonds is 8. The molecular formula is C21H24N2O2S. The van der Waals surface area contributed by atoms with E-state index in [1.54, 1.807) is 18.9 Å². The molecule has 0 aliphatic carbocycles. The predicted octanol–water partition coefficient (Wildman–Crippen LogP) is 5.16. The molecule has 0 aliphatic rings. The van der Waals surface area contributed by atoms with Crippen molar-refractivity contribution in [2.75, 3.05) is 7.11 Å². The summed E-state index contributed by atoms with van der Waals surface area (Å²) in [6, 6.07) is 14.8. The third-order valence-corrected chi connectivity index (χ3v) is 5.14. The molecule has 0 amide bonds. The molecule has 0 fully saturated rings. The summed E-state index contributed by atoms with van der Waals surface area (Å²) >= 11 is 1.58. The molecule has 2 aromatic carbocycles. The van der Waals surface area contributed by atoms with Gasteiger partial charge in [-0.25, -0.2) is 0 Å². The van der Waals surface area contributed by atoms with Crippen LogP contribution >= 0.6 is 11.8 Å². The van der Waals surface area contributed by atoms with E-state index in [4.69, 9.17) is 9.15 Å². The molecule has 0 saturated heterocycles. The second-order valence-corrected chi connectivity index (χ2v) is 7.32. The maximum atomic E-state index is 5.75. The Labute approximate surface area is 159 Å². The predicted molar refractivity (Wildman–Crippen MR) is 105 cm³/mol. The summed E-state index contributed by atoms with van der Waals surface area (Å²) in [6.07, 6.45) is 2.76. The van der Waals surface area contributed by atoms with Crippen LogP contribution < -0.4 is 4.74 Å². The van der Waals surface area contributed by atoms with Crippen molar-refractivity contribution in [1.82, 2.24) is 10.2 Å². The molecule has 0 saturated carbocycles. The fraction of sp³-hybridized carbons (Fsp3) is 0.333. The second kappa shape index (κ2) is 8.90. The molecule has 0 bridgehead atoms. The van der Waals surface area contributed by atoms with Crippen molar-refractivity contribution >= 4 is 11.8 Å². The molecule has 136 valence electrons. The molecule has 0 spiro atoms. The zero-order valence-corrected chi connectivity index (χ0v) is 16.3. The van der Waals surface area contributed by atoms with E-state index in [2.05, 4.69) is 60.4 Å². The SMILES string of the molecule is COc1ccc(CCCc2nnc(SCc3ccc(C)cc3)o2)cc1C. The topological polar surface area (TPSA) is 48.2 Å². The van der Waals surface area contributed by atoms with Gasteiger partial charge in [-0.1, -0.05) is 53.7 Å². The van der Waals surface area contributed by atoms with E-state index in [-0.39, 0.29) is 0 Å². The third kappa shape index (κ3) is 5.11. The molecule has 0 N–H and O–H groups in total. The van der Waals surface area contributed by atoms with Crippen molar-refractivity contribution in [3.8, 4) is 5.75 Å². The summed E-state index contributed by atoms with van der Waals surface area (Å²) in [6.45, 7) is 4.16. The molecule has 0 radical (unpaired) electrons. The van der Waals surface area contributed by atoms with Crippen LogP contribution in [0.15, 0.2) is 52.1 Å². The molecule has 4 nitrogen and oxygen atoms in total. The summed E-state index contributed by atoms with van der Waals surface area (Å²) in [5.41, 5.74) is 5.00. The second-order valence-electron chi connectivity index (χ2n) is 6.39. The Morgan fingerprint density at radius 2 is 1.73 bits per heavy atom. The van der Waals surface area contributed by atoms with Crippen LogP contribution in [-0.4, -0.2) is 17.3 Å². The largest absolute Gasteiger partial charge is 0.496 e. The lowest BCUT2D eigenvalue weighted by Crippen LogP contribution is -1.93. The molecule has 0 aliphatic heterocycles. The Kier molecular flexibility index (Phi) is 6.34. The number of nitrogens with zero attached hydrogens (tertiary/aromatic N) is 2. The number of aryl methyl sites for hydroxylation is 4. The van der Waals surface area contributed by atoms with Gasteiger partial charge in [0.1, 0.15) is 5.75 Å². The van der Waals surface area contributed by atoms with Gasteiger partial charge < -0.3 is 9.15 Å². The van der Waals surface area contributed by atoms with Crippen LogP contribution in [0, 0.1) is 13.8 Å². The van der Waals surface area contributed by atoms with Crippen LogP contribution in [0.2, 0.25) is 0 Å². The van der Waals surface area contributed by atoms with Gasteiger partial charge >= 0.3 is 0 Å². The highest BCUT2D eigenvalue weighted by molar-refractivity contribution is 7.98. The van der Waals surface area contributed by atoms with Crippen molar-refractivity contribution in [3.05, 3.63) is 70.6 Å². The Bertz CT molecular complexity index is 843. The summed E-state index contributed by atoms with van der Waals surface area (Å²) in [5, 5.41) is 8.94. The lowest BCUT2D eigenvalue weighted by Gasteiger charge is -2.06. The van der Waals surface area contributed by atoms with Crippen molar-refractivity contribution in [2.45, 2.75) is 44.1 Å². The van der Waals surface area contributed by atoms with E-state index in [1.807, 2.05) is 6.07 Å². The number of thioether (sulfide) groups is 1. The normalized spacial score (nSPS) is 10.9. The van der Waals surface area contributed by atoms with E-state index in [9.17, 15) is 0 Å². The number of hydrogen-bond donors (Lipinski definition) is 0. The molecular weight excluding hydrogens is 344 g/mol. The van der Waals surface area contributed by atoms with Crippen LogP contribution in [0.1, 0.15) is 34.6 Å². The molecule has 26 heavy (non-hydrogen) atoms. The zero-order valence-electron chi connectivity index (χ0n) is 15.5. The Balaban J connectivity index is 1.46. The monoisotopic (exact) mass is 368 g/mol. The molecule has 5 heteroatoms. The smallest absolute Gasteiger partial charge is 0.276 e. The third-order valence-electron chi connectivity index (χ3n) is 4.25. The average Bonchev–Trinajstić information content (AvgIpc) is 3.09. The van der Waals surface area contributed by atoms with Crippen LogP contribution in [0.4, 0.5) is 0 Å². The van der Waals surface area contributed by atoms with E-state index >= 15 is 0 Å². The standard InChI is InChI=1S/C21H24N2O2S/c1-15-7-9-18(10-8-15)14-26-21-23-22-20(25-21)6-4-5-17-11-12-19(24-3)16(2)13-17/h7-13H,4-6,14H2,1-3H3. The van der Waals surface area contributed by atoms with Gasteiger partial charge in [-0.15, -0.1) is 10.2 Å². The fourth-order valence-corrected chi connectivity index (χ4v) is 3.50. The first-order valence-electron chi connectivity index (χ1n) is 8.78. The van der Waals surface area contributed by atoms with Crippen LogP contribution in [0.25, 0.3) is 0 Å². The minimum Gasteiger partial charge on any atom is -0.496 e. The van der Waals surface area contributed by atoms with Gasteiger partial charge in [0, 0.05) is 12.2 Å². The highest BCUT2D eigenvalue weighted by Crippen LogP contribution is 2.23. The first kappa shape index (κ1) is 18.5. The number of benzene rings is 2. The van der Waals surface area contributed by atoms with Crippen molar-refractivity contribution in [2.24, 2.45) is 0 Å². The van der Waals surface area contributed by atoms with E-state index < -0.39 is 0 Å². The van der Waals surface area contributed by atoms with Gasteiger partial charge in [0.2, 0.25) is 5.89 Å². The highest BCUT2D eigenvalue weighted by atomic mass is 32.2. The van der Waals surface area contributed by atoms with Gasteiger partial charge in [0.05, 0.1) is 7.11 Å². The minimum absolute atomic E-state index is 0.640. The average molecular weight is 369 g/mol. The lowest BCUT2D eigenvalue weighted by molar-refractivity contribution is 0.408. The number of ether oxygens (including phenoxy) is 1. The van der Waals surface area contributed by atoms with E-state index in [0.717, 1.165) is 36.3 Å². The first-order chi connectivity index (χ1) is 12.6. The summed E-state index contributed by atoms with van der Waals surface area (Å²) in [7, 11) is 1.70. The highest BCUT2D eigenvalue weighted by Gasteiger charge is 2.08. The fourth-order valence-electron chi connectivity index (χ4n) is 2.77. The van der Waals surface area contributed by atoms with Crippen LogP contribution in [0.3, 0.4) is 0 Å². The Morgan fingerprint density at radius 1 is 0.962 bits per heavy atom. The molecule has 0 atom stereocenters. The van der Waals surface area contributed by atoms with Crippen LogP contribution in [0.5, 0.6) is 5.75 Å². The van der Waals surface area contributed by atoms with Gasteiger partial charge in [-0.05, 0) is 49.4 Å². The lowest BCUT2D eigenvalue weighted by atomic mass is 10.1. The Hall–Kier alpha value is -2.27. The number of methoxy groups -OCH3 is 1. The summed E-state index contributed by atoms with van der Waals surface area (Å²) in [4.78, 5) is 0. The Morgan fingerprint density at radius 3 is 2.46 bits per heavy atom. The summed E-state index contributed by atoms with van der Waals surface area (Å²) < 4.78 is 11.0. The minimum atomic E-state index is 0.640. The number of hydrogen-bond acceptors (Lipinski definition) is 5. The maximum Gasteiger partial charge on any atom is 0.276 e. The van der Waals surface area contributed by atoms with Gasteiger partial charge in [0.25, 0.3) is 5.22 Å². The van der Waals surface area contributed by atoms with E-state index in [0.29, 0.717) is 11.1 Å². The first-order valence-corrected chi connectivity index (χ1v) is 9.77. The molecule has 3 rings (SSSR count). The number of aromatic nitrogens is 2. The molecule has 1 heterocycles. The van der Waals surface area contributed by atoms with Gasteiger partial charge in [-0.2, -0.15) is 0 Å². The van der Waals surface area contributed by atoms with Crippen molar-refractivity contribution in [1.29, 1.82) is 0 Å². The quantitative estimate of drug-likeness (QED) is 0.514. The molecule has 3 aromatic rings. The van der Waals surface area contributed by atoms with Gasteiger partial charge in [-0.3, -0.25) is 0 Å².